The van der Waals surface area contributed by atoms with Gasteiger partial charge in [0, 0.05) is 35.4 Å². The Morgan fingerprint density at radius 2 is 2.25 bits per heavy atom. The summed E-state index contributed by atoms with van der Waals surface area (Å²) in [6, 6.07) is 2.60. The highest BCUT2D eigenvalue weighted by molar-refractivity contribution is 7.12. The summed E-state index contributed by atoms with van der Waals surface area (Å²) in [4.78, 5) is 28.7. The second kappa shape index (κ2) is 10.2. The number of carbonyl (C=O) groups excluding carboxylic acids is 2. The standard InChI is InChI=1S/C20H31N3O4S/c1-3-18-14(5-4-8-22-20(25)26-2)11-16(28-18)13-23(15-6-7-15)19(24)17-12-21-9-10-27-17/h11,15,17,21H,3-10,12-13H2,1-2H3,(H,22,25)/t17-/m1/s1. The first-order valence-electron chi connectivity index (χ1n) is 10.2. The molecule has 1 aliphatic heterocycles. The first-order chi connectivity index (χ1) is 13.6. The predicted octanol–water partition coefficient (Wildman–Crippen LogP) is 2.08. The van der Waals surface area contributed by atoms with E-state index in [1.54, 1.807) is 11.3 Å². The summed E-state index contributed by atoms with van der Waals surface area (Å²) < 4.78 is 10.3. The fourth-order valence-corrected chi connectivity index (χ4v) is 4.67. The van der Waals surface area contributed by atoms with E-state index >= 15 is 0 Å². The molecule has 0 unspecified atom stereocenters. The molecule has 2 amide bonds. The molecule has 28 heavy (non-hydrogen) atoms. The largest absolute Gasteiger partial charge is 0.453 e. The lowest BCUT2D eigenvalue weighted by molar-refractivity contribution is -0.146. The molecule has 156 valence electrons. The van der Waals surface area contributed by atoms with Crippen LogP contribution in [-0.2, 0) is 33.7 Å². The molecule has 7 nitrogen and oxygen atoms in total. The second-order valence-electron chi connectivity index (χ2n) is 7.30. The lowest BCUT2D eigenvalue weighted by Gasteiger charge is -2.29. The third kappa shape index (κ3) is 5.68. The third-order valence-corrected chi connectivity index (χ3v) is 6.45. The van der Waals surface area contributed by atoms with E-state index in [9.17, 15) is 9.59 Å². The van der Waals surface area contributed by atoms with Gasteiger partial charge in [-0.1, -0.05) is 6.92 Å². The Morgan fingerprint density at radius 1 is 1.43 bits per heavy atom. The number of ether oxygens (including phenoxy) is 2. The Balaban J connectivity index is 1.59. The molecule has 1 aromatic rings. The van der Waals surface area contributed by atoms with Crippen LogP contribution in [0.15, 0.2) is 6.07 Å². The van der Waals surface area contributed by atoms with Gasteiger partial charge in [-0.2, -0.15) is 0 Å². The van der Waals surface area contributed by atoms with Gasteiger partial charge >= 0.3 is 6.09 Å². The number of nitrogens with one attached hydrogen (secondary N) is 2. The predicted molar refractivity (Wildman–Crippen MR) is 109 cm³/mol. The van der Waals surface area contributed by atoms with Gasteiger partial charge in [0.2, 0.25) is 0 Å². The SMILES string of the molecule is CCc1sc(CN(C(=O)[C@H]2CNCCO2)C2CC2)cc1CCCNC(=O)OC. The molecule has 3 rings (SSSR count). The number of methoxy groups -OCH3 is 1. The zero-order chi connectivity index (χ0) is 19.9. The minimum absolute atomic E-state index is 0.116. The van der Waals surface area contributed by atoms with E-state index < -0.39 is 0 Å². The number of carbonyl (C=O) groups is 2. The Labute approximate surface area is 170 Å². The van der Waals surface area contributed by atoms with E-state index in [0.717, 1.165) is 38.6 Å². The molecule has 0 radical (unpaired) electrons. The van der Waals surface area contributed by atoms with Crippen molar-refractivity contribution < 1.29 is 19.1 Å². The molecule has 0 bridgehead atoms. The van der Waals surface area contributed by atoms with Gasteiger partial charge in [-0.25, -0.2) is 4.79 Å². The van der Waals surface area contributed by atoms with Gasteiger partial charge < -0.3 is 25.0 Å². The number of aryl methyl sites for hydroxylation is 2. The molecule has 0 aromatic carbocycles. The summed E-state index contributed by atoms with van der Waals surface area (Å²) in [5.41, 5.74) is 1.33. The minimum atomic E-state index is -0.389. The van der Waals surface area contributed by atoms with Gasteiger partial charge in [0.1, 0.15) is 6.10 Å². The monoisotopic (exact) mass is 409 g/mol. The average Bonchev–Trinajstić information content (AvgIpc) is 3.50. The number of nitrogens with zero attached hydrogens (tertiary/aromatic N) is 1. The number of morpholine rings is 1. The Bertz CT molecular complexity index is 668. The molecular formula is C20H31N3O4S. The number of hydrogen-bond acceptors (Lipinski definition) is 6. The Morgan fingerprint density at radius 3 is 2.89 bits per heavy atom. The second-order valence-corrected chi connectivity index (χ2v) is 8.52. The summed E-state index contributed by atoms with van der Waals surface area (Å²) in [7, 11) is 1.37. The maximum Gasteiger partial charge on any atom is 0.406 e. The number of hydrogen-bond donors (Lipinski definition) is 2. The van der Waals surface area contributed by atoms with Crippen molar-refractivity contribution in [3.05, 3.63) is 21.4 Å². The van der Waals surface area contributed by atoms with Crippen LogP contribution in [0.4, 0.5) is 4.79 Å². The van der Waals surface area contributed by atoms with Gasteiger partial charge in [0.05, 0.1) is 20.3 Å². The lowest BCUT2D eigenvalue weighted by atomic mass is 10.1. The quantitative estimate of drug-likeness (QED) is 0.611. The van der Waals surface area contributed by atoms with Crippen LogP contribution in [0.2, 0.25) is 0 Å². The normalized spacial score (nSPS) is 19.3. The molecule has 2 aliphatic rings. The zero-order valence-corrected chi connectivity index (χ0v) is 17.6. The summed E-state index contributed by atoms with van der Waals surface area (Å²) in [5.74, 6) is 0.116. The molecule has 0 spiro atoms. The highest BCUT2D eigenvalue weighted by atomic mass is 32.1. The zero-order valence-electron chi connectivity index (χ0n) is 16.8. The number of amides is 2. The molecular weight excluding hydrogens is 378 g/mol. The van der Waals surface area contributed by atoms with E-state index in [1.165, 1.54) is 22.4 Å². The van der Waals surface area contributed by atoms with Gasteiger partial charge in [-0.15, -0.1) is 11.3 Å². The van der Waals surface area contributed by atoms with Crippen molar-refractivity contribution in [2.45, 2.75) is 57.7 Å². The van der Waals surface area contributed by atoms with E-state index in [1.807, 2.05) is 4.90 Å². The number of thiophene rings is 1. The van der Waals surface area contributed by atoms with E-state index in [-0.39, 0.29) is 18.1 Å². The highest BCUT2D eigenvalue weighted by Crippen LogP contribution is 2.32. The summed E-state index contributed by atoms with van der Waals surface area (Å²) in [6.45, 7) is 5.44. The van der Waals surface area contributed by atoms with Crippen LogP contribution in [0.3, 0.4) is 0 Å². The average molecular weight is 410 g/mol. The van der Waals surface area contributed by atoms with Crippen LogP contribution in [0.5, 0.6) is 0 Å². The molecule has 1 aliphatic carbocycles. The third-order valence-electron chi connectivity index (χ3n) is 5.15. The van der Waals surface area contributed by atoms with Crippen molar-refractivity contribution in [2.24, 2.45) is 0 Å². The fourth-order valence-electron chi connectivity index (χ4n) is 3.51. The molecule has 8 heteroatoms. The molecule has 2 heterocycles. The molecule has 1 saturated carbocycles. The summed E-state index contributed by atoms with van der Waals surface area (Å²) >= 11 is 1.80. The van der Waals surface area contributed by atoms with Crippen molar-refractivity contribution in [3.8, 4) is 0 Å². The van der Waals surface area contributed by atoms with Crippen LogP contribution < -0.4 is 10.6 Å². The van der Waals surface area contributed by atoms with Gasteiger partial charge in [-0.05, 0) is 43.7 Å². The van der Waals surface area contributed by atoms with Crippen LogP contribution >= 0.6 is 11.3 Å². The van der Waals surface area contributed by atoms with Crippen molar-refractivity contribution in [1.29, 1.82) is 0 Å². The summed E-state index contributed by atoms with van der Waals surface area (Å²) in [5, 5.41) is 5.97. The topological polar surface area (TPSA) is 79.9 Å². The molecule has 2 N–H and O–H groups in total. The van der Waals surface area contributed by atoms with Crippen molar-refractivity contribution in [3.63, 3.8) is 0 Å². The molecule has 1 saturated heterocycles. The molecule has 2 fully saturated rings. The van der Waals surface area contributed by atoms with Crippen molar-refractivity contribution in [2.75, 3.05) is 33.4 Å². The minimum Gasteiger partial charge on any atom is -0.453 e. The maximum atomic E-state index is 13.0. The first-order valence-corrected chi connectivity index (χ1v) is 11.0. The summed E-state index contributed by atoms with van der Waals surface area (Å²) in [6.07, 6.45) is 4.19. The Hall–Kier alpha value is -1.64. The Kier molecular flexibility index (Phi) is 7.70. The van der Waals surface area contributed by atoms with Gasteiger partial charge in [-0.3, -0.25) is 4.79 Å². The molecule has 1 atom stereocenters. The van der Waals surface area contributed by atoms with Crippen molar-refractivity contribution in [1.82, 2.24) is 15.5 Å². The highest BCUT2D eigenvalue weighted by Gasteiger charge is 2.37. The molecule has 1 aromatic heterocycles. The van der Waals surface area contributed by atoms with E-state index in [0.29, 0.717) is 32.3 Å². The van der Waals surface area contributed by atoms with Gasteiger partial charge in [0.15, 0.2) is 0 Å². The first kappa shape index (κ1) is 21.1. The van der Waals surface area contributed by atoms with Crippen LogP contribution in [0, 0.1) is 0 Å². The van der Waals surface area contributed by atoms with E-state index in [2.05, 4.69) is 28.4 Å². The van der Waals surface area contributed by atoms with Crippen LogP contribution in [-0.4, -0.2) is 62.4 Å². The van der Waals surface area contributed by atoms with Crippen LogP contribution in [0.1, 0.15) is 41.5 Å². The van der Waals surface area contributed by atoms with Gasteiger partial charge in [0.25, 0.3) is 5.91 Å². The smallest absolute Gasteiger partial charge is 0.406 e. The fraction of sp³-hybridized carbons (Fsp3) is 0.700. The van der Waals surface area contributed by atoms with Crippen LogP contribution in [0.25, 0.3) is 0 Å². The van der Waals surface area contributed by atoms with E-state index in [4.69, 9.17) is 4.74 Å². The number of alkyl carbamates (subject to hydrolysis) is 1. The lowest BCUT2D eigenvalue weighted by Crippen LogP contribution is -2.49. The number of rotatable bonds is 9. The van der Waals surface area contributed by atoms with Crippen molar-refractivity contribution >= 4 is 23.3 Å². The maximum absolute atomic E-state index is 13.0.